The fraction of sp³-hybridized carbons (Fsp3) is 0.211. The molecule has 0 saturated carbocycles. The third-order valence-electron chi connectivity index (χ3n) is 3.63. The summed E-state index contributed by atoms with van der Waals surface area (Å²) in [4.78, 5) is 20.6. The van der Waals surface area contributed by atoms with Crippen LogP contribution in [-0.2, 0) is 17.1 Å². The molecule has 0 radical (unpaired) electrons. The summed E-state index contributed by atoms with van der Waals surface area (Å²) >= 11 is 1.62. The minimum absolute atomic E-state index is 0.0560. The van der Waals surface area contributed by atoms with Gasteiger partial charge in [-0.05, 0) is 17.7 Å². The molecule has 3 aromatic rings. The van der Waals surface area contributed by atoms with Gasteiger partial charge in [-0.15, -0.1) is 11.8 Å². The van der Waals surface area contributed by atoms with Crippen LogP contribution < -0.4 is 5.32 Å². The average molecular weight is 352 g/mol. The van der Waals surface area contributed by atoms with Crippen molar-refractivity contribution < 1.29 is 4.79 Å². The molecule has 6 heteroatoms. The highest BCUT2D eigenvalue weighted by atomic mass is 32.2. The lowest BCUT2D eigenvalue weighted by Crippen LogP contribution is -2.28. The predicted octanol–water partition coefficient (Wildman–Crippen LogP) is 2.99. The van der Waals surface area contributed by atoms with Gasteiger partial charge >= 0.3 is 0 Å². The monoisotopic (exact) mass is 352 g/mol. The van der Waals surface area contributed by atoms with Gasteiger partial charge in [-0.2, -0.15) is 0 Å². The summed E-state index contributed by atoms with van der Waals surface area (Å²) in [6.07, 6.45) is 5.40. The molecule has 0 fully saturated rings. The lowest BCUT2D eigenvalue weighted by Gasteiger charge is -2.09. The zero-order valence-electron chi connectivity index (χ0n) is 13.8. The van der Waals surface area contributed by atoms with E-state index in [9.17, 15) is 4.79 Å². The van der Waals surface area contributed by atoms with Crippen molar-refractivity contribution in [2.24, 2.45) is 0 Å². The van der Waals surface area contributed by atoms with Crippen molar-refractivity contribution in [3.05, 3.63) is 72.7 Å². The molecule has 0 atom stereocenters. The Kier molecular flexibility index (Phi) is 6.23. The van der Waals surface area contributed by atoms with Gasteiger partial charge < -0.3 is 9.88 Å². The van der Waals surface area contributed by atoms with Crippen LogP contribution in [0, 0.1) is 0 Å². The number of carbonyl (C=O) groups excluding carboxylic acids is 1. The Balaban J connectivity index is 1.41. The minimum Gasteiger partial charge on any atom is -0.354 e. The van der Waals surface area contributed by atoms with Crippen molar-refractivity contribution in [3.8, 4) is 11.5 Å². The summed E-state index contributed by atoms with van der Waals surface area (Å²) in [5.41, 5.74) is 2.07. The second kappa shape index (κ2) is 9.03. The van der Waals surface area contributed by atoms with Crippen LogP contribution in [0.1, 0.15) is 5.56 Å². The van der Waals surface area contributed by atoms with Crippen LogP contribution in [-0.4, -0.2) is 32.7 Å². The fourth-order valence-corrected chi connectivity index (χ4v) is 3.24. The molecular weight excluding hydrogens is 332 g/mol. The van der Waals surface area contributed by atoms with E-state index >= 15 is 0 Å². The minimum atomic E-state index is 0.0560. The molecule has 0 saturated heterocycles. The third-order valence-corrected chi connectivity index (χ3v) is 4.63. The molecule has 0 aliphatic carbocycles. The van der Waals surface area contributed by atoms with E-state index in [1.165, 1.54) is 5.56 Å². The van der Waals surface area contributed by atoms with Crippen LogP contribution in [0.25, 0.3) is 11.5 Å². The van der Waals surface area contributed by atoms with Gasteiger partial charge in [0, 0.05) is 37.4 Å². The van der Waals surface area contributed by atoms with Crippen LogP contribution in [0.3, 0.4) is 0 Å². The molecule has 0 unspecified atom stereocenters. The molecule has 2 heterocycles. The van der Waals surface area contributed by atoms with Crippen LogP contribution in [0.5, 0.6) is 0 Å². The number of nitrogens with zero attached hydrogens (tertiary/aromatic N) is 3. The van der Waals surface area contributed by atoms with E-state index in [1.807, 2.05) is 47.2 Å². The number of benzene rings is 1. The Labute approximate surface area is 151 Å². The lowest BCUT2D eigenvalue weighted by molar-refractivity contribution is -0.118. The Bertz CT molecular complexity index is 789. The highest BCUT2D eigenvalue weighted by molar-refractivity contribution is 7.99. The highest BCUT2D eigenvalue weighted by Gasteiger charge is 2.07. The summed E-state index contributed by atoms with van der Waals surface area (Å²) in [5.74, 6) is 2.18. The number of thioether (sulfide) groups is 1. The summed E-state index contributed by atoms with van der Waals surface area (Å²) in [5, 5.41) is 2.96. The first-order chi connectivity index (χ1) is 12.3. The van der Waals surface area contributed by atoms with Gasteiger partial charge in [0.2, 0.25) is 5.91 Å². The van der Waals surface area contributed by atoms with Gasteiger partial charge in [0.05, 0.1) is 5.75 Å². The molecule has 25 heavy (non-hydrogen) atoms. The molecule has 2 aromatic heterocycles. The molecule has 0 bridgehead atoms. The van der Waals surface area contributed by atoms with Crippen LogP contribution in [0.2, 0.25) is 0 Å². The molecule has 0 aliphatic rings. The number of imidazole rings is 1. The maximum absolute atomic E-state index is 11.9. The van der Waals surface area contributed by atoms with E-state index in [2.05, 4.69) is 27.4 Å². The number of amides is 1. The quantitative estimate of drug-likeness (QED) is 0.677. The first-order valence-electron chi connectivity index (χ1n) is 8.14. The number of hydrogen-bond acceptors (Lipinski definition) is 4. The van der Waals surface area contributed by atoms with E-state index < -0.39 is 0 Å². The summed E-state index contributed by atoms with van der Waals surface area (Å²) in [6, 6.07) is 15.9. The van der Waals surface area contributed by atoms with Crippen molar-refractivity contribution in [3.63, 3.8) is 0 Å². The normalized spacial score (nSPS) is 10.6. The number of carbonyl (C=O) groups is 1. The number of rotatable bonds is 8. The van der Waals surface area contributed by atoms with Crippen molar-refractivity contribution in [2.75, 3.05) is 12.3 Å². The molecule has 128 valence electrons. The third kappa shape index (κ3) is 5.19. The zero-order valence-corrected chi connectivity index (χ0v) is 14.7. The fourth-order valence-electron chi connectivity index (χ4n) is 2.42. The number of hydrogen-bond donors (Lipinski definition) is 1. The van der Waals surface area contributed by atoms with Crippen molar-refractivity contribution in [1.29, 1.82) is 0 Å². The van der Waals surface area contributed by atoms with Gasteiger partial charge in [-0.1, -0.05) is 36.4 Å². The van der Waals surface area contributed by atoms with E-state index in [4.69, 9.17) is 0 Å². The van der Waals surface area contributed by atoms with E-state index in [0.717, 1.165) is 17.3 Å². The predicted molar refractivity (Wildman–Crippen MR) is 101 cm³/mol. The first kappa shape index (κ1) is 17.2. The summed E-state index contributed by atoms with van der Waals surface area (Å²) in [6.45, 7) is 1.24. The summed E-state index contributed by atoms with van der Waals surface area (Å²) < 4.78 is 2.00. The van der Waals surface area contributed by atoms with Crippen LogP contribution in [0.15, 0.2) is 67.1 Å². The van der Waals surface area contributed by atoms with Gasteiger partial charge in [0.15, 0.2) is 5.82 Å². The maximum atomic E-state index is 11.9. The number of nitrogens with one attached hydrogen (secondary N) is 1. The zero-order chi connectivity index (χ0) is 17.3. The smallest absolute Gasteiger partial charge is 0.230 e. The lowest BCUT2D eigenvalue weighted by atomic mass is 10.2. The van der Waals surface area contributed by atoms with E-state index in [0.29, 0.717) is 18.8 Å². The molecule has 5 nitrogen and oxygen atoms in total. The number of pyridine rings is 1. The Hall–Kier alpha value is -2.60. The van der Waals surface area contributed by atoms with Crippen molar-refractivity contribution in [1.82, 2.24) is 19.9 Å². The highest BCUT2D eigenvalue weighted by Crippen LogP contribution is 2.13. The van der Waals surface area contributed by atoms with Gasteiger partial charge in [0.1, 0.15) is 5.69 Å². The standard InChI is InChI=1S/C19H20N4OS/c24-18(15-25-14-16-6-2-1-3-7-16)21-10-12-23-13-11-22-19(23)17-8-4-5-9-20-17/h1-9,11,13H,10,12,14-15H2,(H,21,24). The van der Waals surface area contributed by atoms with Crippen molar-refractivity contribution in [2.45, 2.75) is 12.3 Å². The van der Waals surface area contributed by atoms with E-state index in [1.54, 1.807) is 24.2 Å². The molecule has 0 aliphatic heterocycles. The SMILES string of the molecule is O=C(CSCc1ccccc1)NCCn1ccnc1-c1ccccn1. The second-order valence-electron chi connectivity index (χ2n) is 5.49. The molecule has 1 amide bonds. The molecule has 0 spiro atoms. The second-order valence-corrected chi connectivity index (χ2v) is 6.47. The van der Waals surface area contributed by atoms with Crippen LogP contribution >= 0.6 is 11.8 Å². The van der Waals surface area contributed by atoms with Gasteiger partial charge in [-0.25, -0.2) is 4.98 Å². The van der Waals surface area contributed by atoms with Gasteiger partial charge in [-0.3, -0.25) is 9.78 Å². The topological polar surface area (TPSA) is 59.8 Å². The average Bonchev–Trinajstić information content (AvgIpc) is 3.12. The molecular formula is C19H20N4OS. The molecule has 3 rings (SSSR count). The number of aromatic nitrogens is 3. The Morgan fingerprint density at radius 2 is 1.88 bits per heavy atom. The first-order valence-corrected chi connectivity index (χ1v) is 9.29. The summed E-state index contributed by atoms with van der Waals surface area (Å²) in [7, 11) is 0. The Morgan fingerprint density at radius 3 is 2.68 bits per heavy atom. The van der Waals surface area contributed by atoms with Gasteiger partial charge in [0.25, 0.3) is 0 Å². The Morgan fingerprint density at radius 1 is 1.04 bits per heavy atom. The van der Waals surface area contributed by atoms with E-state index in [-0.39, 0.29) is 5.91 Å². The molecule has 1 N–H and O–H groups in total. The maximum Gasteiger partial charge on any atom is 0.230 e. The largest absolute Gasteiger partial charge is 0.354 e. The van der Waals surface area contributed by atoms with Crippen LogP contribution in [0.4, 0.5) is 0 Å². The molecule has 1 aromatic carbocycles. The van der Waals surface area contributed by atoms with Crippen molar-refractivity contribution >= 4 is 17.7 Å².